The molecule has 1 aliphatic heterocycles. The van der Waals surface area contributed by atoms with Gasteiger partial charge in [-0.05, 0) is 50.1 Å². The van der Waals surface area contributed by atoms with E-state index in [1.54, 1.807) is 0 Å². The molecular formula is C24H37IN6O. The smallest absolute Gasteiger partial charge is 0.191 e. The van der Waals surface area contributed by atoms with Crippen LogP contribution in [0.3, 0.4) is 0 Å². The Morgan fingerprint density at radius 1 is 1.25 bits per heavy atom. The Kier molecular flexibility index (Phi) is 11.6. The molecule has 3 rings (SSSR count). The summed E-state index contributed by atoms with van der Waals surface area (Å²) < 4.78 is 5.64. The first-order valence-corrected chi connectivity index (χ1v) is 11.3. The Hall–Kier alpha value is -2.07. The van der Waals surface area contributed by atoms with Gasteiger partial charge in [0.05, 0.1) is 12.7 Å². The molecule has 0 bridgehead atoms. The number of rotatable bonds is 9. The van der Waals surface area contributed by atoms with Gasteiger partial charge in [-0.3, -0.25) is 4.99 Å². The van der Waals surface area contributed by atoms with Gasteiger partial charge in [0.2, 0.25) is 0 Å². The molecule has 1 unspecified atom stereocenters. The number of nitrogens with zero attached hydrogens (tertiary/aromatic N) is 4. The highest BCUT2D eigenvalue weighted by atomic mass is 127. The second-order valence-corrected chi connectivity index (χ2v) is 7.77. The molecule has 1 aromatic carbocycles. The zero-order valence-electron chi connectivity index (χ0n) is 19.5. The molecule has 0 aliphatic carbocycles. The van der Waals surface area contributed by atoms with E-state index in [-0.39, 0.29) is 30.1 Å². The highest BCUT2D eigenvalue weighted by Gasteiger charge is 2.18. The van der Waals surface area contributed by atoms with Crippen molar-refractivity contribution in [1.82, 2.24) is 15.6 Å². The molecular weight excluding hydrogens is 515 g/mol. The van der Waals surface area contributed by atoms with E-state index in [4.69, 9.17) is 4.74 Å². The third kappa shape index (κ3) is 8.12. The van der Waals surface area contributed by atoms with E-state index in [0.29, 0.717) is 6.54 Å². The van der Waals surface area contributed by atoms with Crippen LogP contribution in [0.5, 0.6) is 0 Å². The van der Waals surface area contributed by atoms with E-state index in [0.717, 1.165) is 57.5 Å². The van der Waals surface area contributed by atoms with Crippen LogP contribution in [0.1, 0.15) is 25.8 Å². The van der Waals surface area contributed by atoms with Crippen molar-refractivity contribution in [2.75, 3.05) is 56.2 Å². The quantitative estimate of drug-likeness (QED) is 0.215. The van der Waals surface area contributed by atoms with E-state index < -0.39 is 0 Å². The van der Waals surface area contributed by atoms with Gasteiger partial charge in [-0.25, -0.2) is 4.98 Å². The summed E-state index contributed by atoms with van der Waals surface area (Å²) in [6.45, 7) is 10.4. The van der Waals surface area contributed by atoms with Crippen LogP contribution in [-0.4, -0.2) is 63.4 Å². The molecule has 0 amide bonds. The second-order valence-electron chi connectivity index (χ2n) is 7.77. The molecule has 0 radical (unpaired) electrons. The number of pyridine rings is 1. The Bertz CT molecular complexity index is 819. The van der Waals surface area contributed by atoms with Gasteiger partial charge in [0.1, 0.15) is 5.82 Å². The van der Waals surface area contributed by atoms with Gasteiger partial charge in [-0.15, -0.1) is 24.0 Å². The van der Waals surface area contributed by atoms with Crippen LogP contribution < -0.4 is 20.4 Å². The van der Waals surface area contributed by atoms with Gasteiger partial charge in [0.25, 0.3) is 0 Å². The molecule has 2 heterocycles. The van der Waals surface area contributed by atoms with Crippen LogP contribution in [0.4, 0.5) is 11.5 Å². The molecule has 1 aliphatic rings. The fourth-order valence-electron chi connectivity index (χ4n) is 3.76. The molecule has 1 aromatic heterocycles. The molecule has 1 saturated heterocycles. The number of benzene rings is 1. The van der Waals surface area contributed by atoms with Crippen LogP contribution in [0.25, 0.3) is 0 Å². The van der Waals surface area contributed by atoms with E-state index in [1.165, 1.54) is 11.3 Å². The largest absolute Gasteiger partial charge is 0.375 e. The van der Waals surface area contributed by atoms with Crippen LogP contribution >= 0.6 is 24.0 Å². The monoisotopic (exact) mass is 552 g/mol. The summed E-state index contributed by atoms with van der Waals surface area (Å²) in [5.74, 6) is 1.83. The van der Waals surface area contributed by atoms with E-state index in [2.05, 4.69) is 80.7 Å². The summed E-state index contributed by atoms with van der Waals surface area (Å²) in [4.78, 5) is 13.6. The standard InChI is InChI=1S/C24H36N6O.HI/c1-4-29(22-9-6-5-7-10-22)14-8-12-27-24(25-3)28-18-21-11-13-26-23(17-21)30-15-16-31-20(2)19-30;/h5-7,9-11,13,17,20H,4,8,12,14-16,18-19H2,1-3H3,(H2,25,27,28);1H. The highest BCUT2D eigenvalue weighted by Crippen LogP contribution is 2.16. The zero-order chi connectivity index (χ0) is 21.9. The fraction of sp³-hybridized carbons (Fsp3) is 0.500. The molecule has 0 saturated carbocycles. The summed E-state index contributed by atoms with van der Waals surface area (Å²) in [7, 11) is 1.81. The Labute approximate surface area is 209 Å². The van der Waals surface area contributed by atoms with Crippen molar-refractivity contribution in [1.29, 1.82) is 0 Å². The molecule has 2 N–H and O–H groups in total. The lowest BCUT2D eigenvalue weighted by Crippen LogP contribution is -2.41. The number of nitrogens with one attached hydrogen (secondary N) is 2. The number of aromatic nitrogens is 1. The summed E-state index contributed by atoms with van der Waals surface area (Å²) >= 11 is 0. The van der Waals surface area contributed by atoms with Gasteiger partial charge in [0, 0.05) is 58.2 Å². The molecule has 1 fully saturated rings. The summed E-state index contributed by atoms with van der Waals surface area (Å²) in [6, 6.07) is 14.8. The number of morpholine rings is 1. The molecule has 0 spiro atoms. The zero-order valence-corrected chi connectivity index (χ0v) is 21.8. The van der Waals surface area contributed by atoms with E-state index in [9.17, 15) is 0 Å². The summed E-state index contributed by atoms with van der Waals surface area (Å²) in [6.07, 6.45) is 3.16. The molecule has 176 valence electrons. The van der Waals surface area contributed by atoms with Crippen molar-refractivity contribution in [3.63, 3.8) is 0 Å². The number of hydrogen-bond acceptors (Lipinski definition) is 5. The summed E-state index contributed by atoms with van der Waals surface area (Å²) in [5.41, 5.74) is 2.46. The molecule has 7 nitrogen and oxygen atoms in total. The Morgan fingerprint density at radius 2 is 2.06 bits per heavy atom. The van der Waals surface area contributed by atoms with Crippen LogP contribution in [0, 0.1) is 0 Å². The number of anilines is 2. The maximum atomic E-state index is 5.64. The number of hydrogen-bond donors (Lipinski definition) is 2. The average Bonchev–Trinajstić information content (AvgIpc) is 2.82. The van der Waals surface area contributed by atoms with Gasteiger partial charge in [-0.1, -0.05) is 18.2 Å². The number of para-hydroxylation sites is 1. The lowest BCUT2D eigenvalue weighted by atomic mass is 10.2. The third-order valence-corrected chi connectivity index (χ3v) is 5.46. The minimum atomic E-state index is 0. The normalized spacial score (nSPS) is 16.3. The Morgan fingerprint density at radius 3 is 2.78 bits per heavy atom. The van der Waals surface area contributed by atoms with Gasteiger partial charge in [0.15, 0.2) is 5.96 Å². The number of ether oxygens (including phenoxy) is 1. The van der Waals surface area contributed by atoms with Crippen molar-refractivity contribution in [3.05, 3.63) is 54.2 Å². The lowest BCUT2D eigenvalue weighted by Gasteiger charge is -2.32. The number of guanidine groups is 1. The van der Waals surface area contributed by atoms with Crippen LogP contribution in [-0.2, 0) is 11.3 Å². The van der Waals surface area contributed by atoms with Crippen molar-refractivity contribution in [2.45, 2.75) is 32.9 Å². The summed E-state index contributed by atoms with van der Waals surface area (Å²) in [5, 5.41) is 6.84. The van der Waals surface area contributed by atoms with E-state index in [1.807, 2.05) is 19.3 Å². The predicted molar refractivity (Wildman–Crippen MR) is 144 cm³/mol. The number of halogens is 1. The highest BCUT2D eigenvalue weighted by molar-refractivity contribution is 14.0. The third-order valence-electron chi connectivity index (χ3n) is 5.46. The maximum absolute atomic E-state index is 5.64. The van der Waals surface area contributed by atoms with Gasteiger partial charge in [-0.2, -0.15) is 0 Å². The topological polar surface area (TPSA) is 65.0 Å². The minimum absolute atomic E-state index is 0. The van der Waals surface area contributed by atoms with Crippen molar-refractivity contribution in [2.24, 2.45) is 4.99 Å². The van der Waals surface area contributed by atoms with Crippen molar-refractivity contribution in [3.8, 4) is 0 Å². The van der Waals surface area contributed by atoms with Crippen LogP contribution in [0.15, 0.2) is 53.7 Å². The fourth-order valence-corrected chi connectivity index (χ4v) is 3.76. The first-order valence-electron chi connectivity index (χ1n) is 11.3. The van der Waals surface area contributed by atoms with E-state index >= 15 is 0 Å². The first kappa shape index (κ1) is 26.2. The predicted octanol–water partition coefficient (Wildman–Crippen LogP) is 3.51. The van der Waals surface area contributed by atoms with Crippen LogP contribution in [0.2, 0.25) is 0 Å². The second kappa shape index (κ2) is 14.2. The molecule has 8 heteroatoms. The molecule has 1 atom stereocenters. The van der Waals surface area contributed by atoms with Gasteiger partial charge >= 0.3 is 0 Å². The van der Waals surface area contributed by atoms with Crippen molar-refractivity contribution < 1.29 is 4.74 Å². The molecule has 32 heavy (non-hydrogen) atoms. The lowest BCUT2D eigenvalue weighted by molar-refractivity contribution is 0.0529. The van der Waals surface area contributed by atoms with Gasteiger partial charge < -0.3 is 25.2 Å². The average molecular weight is 553 g/mol. The Balaban J connectivity index is 0.00000363. The minimum Gasteiger partial charge on any atom is -0.375 e. The molecule has 2 aromatic rings. The SMILES string of the molecule is CCN(CCCNC(=NC)NCc1ccnc(N2CCOC(C)C2)c1)c1ccccc1.I. The maximum Gasteiger partial charge on any atom is 0.191 e. The first-order chi connectivity index (χ1) is 15.2. The number of aliphatic imine (C=N–C) groups is 1. The van der Waals surface area contributed by atoms with Crippen molar-refractivity contribution >= 4 is 41.4 Å².